The van der Waals surface area contributed by atoms with Crippen LogP contribution in [-0.4, -0.2) is 36.1 Å². The second kappa shape index (κ2) is 5.65. The van der Waals surface area contributed by atoms with Gasteiger partial charge in [0.1, 0.15) is 0 Å². The minimum atomic E-state index is -1.08. The number of ether oxygens (including phenoxy) is 1. The highest BCUT2D eigenvalue weighted by Crippen LogP contribution is 2.20. The van der Waals surface area contributed by atoms with Crippen molar-refractivity contribution in [3.8, 4) is 0 Å². The molecule has 5 heteroatoms. The maximum Gasteiger partial charge on any atom is 0.257 e. The van der Waals surface area contributed by atoms with Crippen molar-refractivity contribution in [2.45, 2.75) is 32.4 Å². The molecule has 0 radical (unpaired) electrons. The highest BCUT2D eigenvalue weighted by Gasteiger charge is 2.31. The minimum absolute atomic E-state index is 0.0913. The number of carbonyl (C=O) groups is 1. The molecule has 1 heterocycles. The molecule has 0 bridgehead atoms. The molecule has 1 saturated heterocycles. The van der Waals surface area contributed by atoms with E-state index in [0.29, 0.717) is 13.2 Å². The van der Waals surface area contributed by atoms with Gasteiger partial charge in [0, 0.05) is 6.54 Å². The number of carbonyl (C=O) groups excluding carboxylic acids is 1. The van der Waals surface area contributed by atoms with Crippen molar-refractivity contribution >= 4 is 5.91 Å². The standard InChI is InChI=1S/C14H17F2NO2/c1-3-10-8-19-9(2)7-17(10)14(18)11-5-4-6-12(15)13(11)16/h4-6,9-10H,3,7-8H2,1-2H3. The van der Waals surface area contributed by atoms with Crippen LogP contribution in [0, 0.1) is 11.6 Å². The van der Waals surface area contributed by atoms with Crippen LogP contribution in [0.3, 0.4) is 0 Å². The molecule has 0 aromatic heterocycles. The van der Waals surface area contributed by atoms with Crippen LogP contribution in [0.25, 0.3) is 0 Å². The van der Waals surface area contributed by atoms with Crippen LogP contribution in [0.1, 0.15) is 30.6 Å². The number of halogens is 2. The molecule has 1 aromatic rings. The van der Waals surface area contributed by atoms with E-state index in [1.807, 2.05) is 13.8 Å². The van der Waals surface area contributed by atoms with Crippen LogP contribution >= 0.6 is 0 Å². The van der Waals surface area contributed by atoms with Crippen molar-refractivity contribution < 1.29 is 18.3 Å². The van der Waals surface area contributed by atoms with Gasteiger partial charge >= 0.3 is 0 Å². The second-order valence-electron chi connectivity index (χ2n) is 4.76. The van der Waals surface area contributed by atoms with E-state index in [2.05, 4.69) is 0 Å². The third-order valence-electron chi connectivity index (χ3n) is 3.38. The average molecular weight is 269 g/mol. The molecule has 0 N–H and O–H groups in total. The first kappa shape index (κ1) is 13.9. The van der Waals surface area contributed by atoms with E-state index < -0.39 is 17.5 Å². The van der Waals surface area contributed by atoms with Gasteiger partial charge in [-0.2, -0.15) is 0 Å². The summed E-state index contributed by atoms with van der Waals surface area (Å²) >= 11 is 0. The van der Waals surface area contributed by atoms with Crippen LogP contribution in [0.15, 0.2) is 18.2 Å². The molecule has 0 saturated carbocycles. The first-order valence-electron chi connectivity index (χ1n) is 6.41. The Morgan fingerprint density at radius 3 is 2.89 bits per heavy atom. The molecule has 104 valence electrons. The lowest BCUT2D eigenvalue weighted by molar-refractivity contribution is -0.0445. The van der Waals surface area contributed by atoms with E-state index in [-0.39, 0.29) is 17.7 Å². The van der Waals surface area contributed by atoms with Gasteiger partial charge in [-0.3, -0.25) is 4.79 Å². The van der Waals surface area contributed by atoms with Gasteiger partial charge in [-0.05, 0) is 25.5 Å². The van der Waals surface area contributed by atoms with Gasteiger partial charge in [0.2, 0.25) is 0 Å². The van der Waals surface area contributed by atoms with Gasteiger partial charge in [-0.1, -0.05) is 13.0 Å². The zero-order chi connectivity index (χ0) is 14.0. The Balaban J connectivity index is 2.28. The molecule has 0 aliphatic carbocycles. The molecule has 3 nitrogen and oxygen atoms in total. The summed E-state index contributed by atoms with van der Waals surface area (Å²) in [5.41, 5.74) is -0.215. The predicted molar refractivity (Wildman–Crippen MR) is 66.9 cm³/mol. The Bertz CT molecular complexity index is 479. The highest BCUT2D eigenvalue weighted by atomic mass is 19.2. The van der Waals surface area contributed by atoms with Crippen molar-refractivity contribution in [3.63, 3.8) is 0 Å². The maximum absolute atomic E-state index is 13.7. The number of nitrogens with zero attached hydrogens (tertiary/aromatic N) is 1. The van der Waals surface area contributed by atoms with E-state index in [1.165, 1.54) is 12.1 Å². The molecular weight excluding hydrogens is 252 g/mol. The largest absolute Gasteiger partial charge is 0.375 e. The van der Waals surface area contributed by atoms with Crippen LogP contribution in [0.4, 0.5) is 8.78 Å². The smallest absolute Gasteiger partial charge is 0.257 e. The number of amides is 1. The van der Waals surface area contributed by atoms with Crippen molar-refractivity contribution in [2.75, 3.05) is 13.2 Å². The van der Waals surface area contributed by atoms with E-state index in [1.54, 1.807) is 4.90 Å². The van der Waals surface area contributed by atoms with Crippen LogP contribution in [0.5, 0.6) is 0 Å². The summed E-state index contributed by atoms with van der Waals surface area (Å²) in [7, 11) is 0. The lowest BCUT2D eigenvalue weighted by Gasteiger charge is -2.38. The molecule has 2 unspecified atom stereocenters. The van der Waals surface area contributed by atoms with Crippen molar-refractivity contribution in [3.05, 3.63) is 35.4 Å². The monoisotopic (exact) mass is 269 g/mol. The Morgan fingerprint density at radius 1 is 1.47 bits per heavy atom. The summed E-state index contributed by atoms with van der Waals surface area (Å²) in [4.78, 5) is 13.9. The van der Waals surface area contributed by atoms with Crippen LogP contribution in [-0.2, 0) is 4.74 Å². The van der Waals surface area contributed by atoms with Crippen LogP contribution < -0.4 is 0 Å². The van der Waals surface area contributed by atoms with Crippen LogP contribution in [0.2, 0.25) is 0 Å². The highest BCUT2D eigenvalue weighted by molar-refractivity contribution is 5.94. The summed E-state index contributed by atoms with van der Waals surface area (Å²) in [6, 6.07) is 3.57. The number of hydrogen-bond acceptors (Lipinski definition) is 2. The summed E-state index contributed by atoms with van der Waals surface area (Å²) in [6.45, 7) is 4.62. The van der Waals surface area contributed by atoms with Crippen molar-refractivity contribution in [1.82, 2.24) is 4.90 Å². The lowest BCUT2D eigenvalue weighted by atomic mass is 10.1. The topological polar surface area (TPSA) is 29.5 Å². The molecule has 1 aliphatic heterocycles. The maximum atomic E-state index is 13.7. The van der Waals surface area contributed by atoms with Gasteiger partial charge in [0.25, 0.3) is 5.91 Å². The Morgan fingerprint density at radius 2 is 2.21 bits per heavy atom. The van der Waals surface area contributed by atoms with Gasteiger partial charge < -0.3 is 9.64 Å². The van der Waals surface area contributed by atoms with Crippen molar-refractivity contribution in [1.29, 1.82) is 0 Å². The van der Waals surface area contributed by atoms with E-state index in [0.717, 1.165) is 12.5 Å². The van der Waals surface area contributed by atoms with E-state index in [4.69, 9.17) is 4.74 Å². The fraction of sp³-hybridized carbons (Fsp3) is 0.500. The number of morpholine rings is 1. The first-order chi connectivity index (χ1) is 9.04. The Hall–Kier alpha value is -1.49. The number of benzene rings is 1. The second-order valence-corrected chi connectivity index (χ2v) is 4.76. The zero-order valence-corrected chi connectivity index (χ0v) is 11.0. The third kappa shape index (κ3) is 2.76. The summed E-state index contributed by atoms with van der Waals surface area (Å²) in [6.07, 6.45) is 0.624. The Labute approximate surface area is 111 Å². The van der Waals surface area contributed by atoms with Gasteiger partial charge in [-0.15, -0.1) is 0 Å². The minimum Gasteiger partial charge on any atom is -0.375 e. The Kier molecular flexibility index (Phi) is 4.14. The fourth-order valence-electron chi connectivity index (χ4n) is 2.25. The molecule has 19 heavy (non-hydrogen) atoms. The molecule has 1 amide bonds. The van der Waals surface area contributed by atoms with Gasteiger partial charge in [0.05, 0.1) is 24.3 Å². The summed E-state index contributed by atoms with van der Waals surface area (Å²) < 4.78 is 32.4. The number of hydrogen-bond donors (Lipinski definition) is 0. The molecule has 1 aromatic carbocycles. The average Bonchev–Trinajstić information content (AvgIpc) is 2.41. The molecule has 1 fully saturated rings. The fourth-order valence-corrected chi connectivity index (χ4v) is 2.25. The molecular formula is C14H17F2NO2. The first-order valence-corrected chi connectivity index (χ1v) is 6.41. The quantitative estimate of drug-likeness (QED) is 0.826. The van der Waals surface area contributed by atoms with E-state index >= 15 is 0 Å². The van der Waals surface area contributed by atoms with Crippen molar-refractivity contribution in [2.24, 2.45) is 0 Å². The molecule has 2 atom stereocenters. The summed E-state index contributed by atoms with van der Waals surface area (Å²) in [5, 5.41) is 0. The SMILES string of the molecule is CCC1COC(C)CN1C(=O)c1cccc(F)c1F. The van der Waals surface area contributed by atoms with Gasteiger partial charge in [0.15, 0.2) is 11.6 Å². The molecule has 2 rings (SSSR count). The third-order valence-corrected chi connectivity index (χ3v) is 3.38. The molecule has 0 spiro atoms. The normalized spacial score (nSPS) is 23.5. The summed E-state index contributed by atoms with van der Waals surface area (Å²) in [5.74, 6) is -2.55. The number of rotatable bonds is 2. The van der Waals surface area contributed by atoms with Gasteiger partial charge in [-0.25, -0.2) is 8.78 Å². The lowest BCUT2D eigenvalue weighted by Crippen LogP contribution is -2.51. The van der Waals surface area contributed by atoms with E-state index in [9.17, 15) is 13.6 Å². The predicted octanol–water partition coefficient (Wildman–Crippen LogP) is 2.60. The molecule has 1 aliphatic rings. The zero-order valence-electron chi connectivity index (χ0n) is 11.0.